The van der Waals surface area contributed by atoms with E-state index in [-0.39, 0.29) is 35.7 Å². The minimum atomic E-state index is -0.625. The first kappa shape index (κ1) is 12.2. The van der Waals surface area contributed by atoms with Crippen molar-refractivity contribution in [3.63, 3.8) is 0 Å². The van der Waals surface area contributed by atoms with Gasteiger partial charge >= 0.3 is 5.63 Å². The lowest BCUT2D eigenvalue weighted by atomic mass is 9.94. The lowest BCUT2D eigenvalue weighted by Gasteiger charge is -2.10. The highest BCUT2D eigenvalue weighted by molar-refractivity contribution is 6.06. The zero-order valence-corrected chi connectivity index (χ0v) is 11.5. The predicted octanol–water partition coefficient (Wildman–Crippen LogP) is 1.85. The summed E-state index contributed by atoms with van der Waals surface area (Å²) in [6.07, 6.45) is 1.12. The maximum absolute atomic E-state index is 12.2. The third-order valence-electron chi connectivity index (χ3n) is 4.80. The van der Waals surface area contributed by atoms with E-state index in [2.05, 4.69) is 0 Å². The first-order valence-corrected chi connectivity index (χ1v) is 7.32. The smallest absolute Gasteiger partial charge is 0.347 e. The fourth-order valence-electron chi connectivity index (χ4n) is 3.86. The molecule has 6 nitrogen and oxygen atoms in total. The highest BCUT2D eigenvalue weighted by Crippen LogP contribution is 2.50. The van der Waals surface area contributed by atoms with Crippen molar-refractivity contribution < 1.29 is 23.8 Å². The number of carbonyl (C=O) groups is 1. The topological polar surface area (TPSA) is 86.0 Å². The molecule has 2 atom stereocenters. The number of hydrogen-bond donors (Lipinski definition) is 1. The zero-order chi connectivity index (χ0) is 15.0. The molecule has 1 saturated heterocycles. The van der Waals surface area contributed by atoms with Crippen molar-refractivity contribution in [2.75, 3.05) is 6.61 Å². The summed E-state index contributed by atoms with van der Waals surface area (Å²) < 4.78 is 16.6. The number of ketones is 1. The lowest BCUT2D eigenvalue weighted by Crippen LogP contribution is -2.14. The zero-order valence-electron chi connectivity index (χ0n) is 11.5. The number of carbonyl (C=O) groups excluding carboxylic acids is 1. The number of phenols is 1. The SMILES string of the molecule is O=C1CCc2c1c(=O)oc1c3c(cc(O)c21)OC1OCCC31. The van der Waals surface area contributed by atoms with Crippen molar-refractivity contribution in [3.05, 3.63) is 33.2 Å². The molecule has 112 valence electrons. The molecule has 1 N–H and O–H groups in total. The van der Waals surface area contributed by atoms with Crippen molar-refractivity contribution in [2.45, 2.75) is 31.5 Å². The van der Waals surface area contributed by atoms with Crippen molar-refractivity contribution in [1.82, 2.24) is 0 Å². The summed E-state index contributed by atoms with van der Waals surface area (Å²) >= 11 is 0. The molecule has 2 aromatic rings. The highest BCUT2D eigenvalue weighted by atomic mass is 16.7. The van der Waals surface area contributed by atoms with Crippen LogP contribution in [0.15, 0.2) is 15.3 Å². The summed E-state index contributed by atoms with van der Waals surface area (Å²) in [6.45, 7) is 0.588. The fraction of sp³-hybridized carbons (Fsp3) is 0.375. The van der Waals surface area contributed by atoms with Gasteiger partial charge in [-0.3, -0.25) is 4.79 Å². The molecule has 3 aliphatic rings. The monoisotopic (exact) mass is 300 g/mol. The van der Waals surface area contributed by atoms with Crippen LogP contribution in [0.5, 0.6) is 11.5 Å². The van der Waals surface area contributed by atoms with Gasteiger partial charge < -0.3 is 19.0 Å². The number of ether oxygens (including phenoxy) is 2. The van der Waals surface area contributed by atoms with Crippen LogP contribution in [0.25, 0.3) is 11.0 Å². The molecule has 2 unspecified atom stereocenters. The Labute approximate surface area is 124 Å². The number of fused-ring (bicyclic) bond motifs is 7. The third-order valence-corrected chi connectivity index (χ3v) is 4.80. The molecule has 0 amide bonds. The summed E-state index contributed by atoms with van der Waals surface area (Å²) in [4.78, 5) is 24.1. The van der Waals surface area contributed by atoms with E-state index in [0.29, 0.717) is 35.3 Å². The molecule has 1 fully saturated rings. The summed E-state index contributed by atoms with van der Waals surface area (Å²) in [7, 11) is 0. The largest absolute Gasteiger partial charge is 0.507 e. The van der Waals surface area contributed by atoms with Crippen LogP contribution in [-0.4, -0.2) is 23.8 Å². The van der Waals surface area contributed by atoms with Gasteiger partial charge in [0.2, 0.25) is 6.29 Å². The van der Waals surface area contributed by atoms with E-state index in [0.717, 1.165) is 12.0 Å². The van der Waals surface area contributed by atoms with Gasteiger partial charge in [0.25, 0.3) is 0 Å². The Bertz CT molecular complexity index is 909. The summed E-state index contributed by atoms with van der Waals surface area (Å²) in [5, 5.41) is 10.8. The van der Waals surface area contributed by atoms with Crippen LogP contribution in [0.2, 0.25) is 0 Å². The minimum Gasteiger partial charge on any atom is -0.507 e. The van der Waals surface area contributed by atoms with Crippen molar-refractivity contribution >= 4 is 16.8 Å². The molecule has 0 spiro atoms. The summed E-state index contributed by atoms with van der Waals surface area (Å²) in [6, 6.07) is 1.53. The number of phenolic OH excluding ortho intramolecular Hbond substituents is 1. The van der Waals surface area contributed by atoms with E-state index < -0.39 is 5.63 Å². The van der Waals surface area contributed by atoms with Crippen molar-refractivity contribution in [1.29, 1.82) is 0 Å². The molecule has 0 bridgehead atoms. The van der Waals surface area contributed by atoms with Crippen LogP contribution in [0.4, 0.5) is 0 Å². The number of aryl methyl sites for hydroxylation is 1. The molecule has 2 aliphatic heterocycles. The van der Waals surface area contributed by atoms with E-state index in [9.17, 15) is 14.7 Å². The molecule has 1 aromatic heterocycles. The number of Topliss-reactive ketones (excluding diaryl/α,β-unsaturated/α-hetero) is 1. The Morgan fingerprint density at radius 2 is 2.09 bits per heavy atom. The Hall–Kier alpha value is -2.34. The van der Waals surface area contributed by atoms with Gasteiger partial charge in [0.15, 0.2) is 5.78 Å². The van der Waals surface area contributed by atoms with Crippen LogP contribution >= 0.6 is 0 Å². The van der Waals surface area contributed by atoms with Crippen LogP contribution < -0.4 is 10.4 Å². The van der Waals surface area contributed by atoms with Gasteiger partial charge in [-0.05, 0) is 18.4 Å². The van der Waals surface area contributed by atoms with Gasteiger partial charge in [-0.15, -0.1) is 0 Å². The number of hydrogen-bond acceptors (Lipinski definition) is 6. The molecule has 1 aliphatic carbocycles. The van der Waals surface area contributed by atoms with Crippen LogP contribution in [0.3, 0.4) is 0 Å². The second kappa shape index (κ2) is 3.89. The Morgan fingerprint density at radius 3 is 2.95 bits per heavy atom. The van der Waals surface area contributed by atoms with Crippen LogP contribution in [0.1, 0.15) is 40.2 Å². The number of rotatable bonds is 0. The molecular formula is C16H12O6. The minimum absolute atomic E-state index is 0.00333. The first-order chi connectivity index (χ1) is 10.6. The number of aromatic hydroxyl groups is 1. The lowest BCUT2D eigenvalue weighted by molar-refractivity contribution is -0.0337. The van der Waals surface area contributed by atoms with E-state index >= 15 is 0 Å². The maximum Gasteiger partial charge on any atom is 0.347 e. The molecular weight excluding hydrogens is 288 g/mol. The van der Waals surface area contributed by atoms with Crippen molar-refractivity contribution in [2.24, 2.45) is 0 Å². The molecule has 22 heavy (non-hydrogen) atoms. The Kier molecular flexibility index (Phi) is 2.16. The van der Waals surface area contributed by atoms with Crippen molar-refractivity contribution in [3.8, 4) is 11.5 Å². The quantitative estimate of drug-likeness (QED) is 0.747. The maximum atomic E-state index is 12.2. The van der Waals surface area contributed by atoms with E-state index in [1.54, 1.807) is 0 Å². The normalized spacial score (nSPS) is 25.2. The Morgan fingerprint density at radius 1 is 1.23 bits per heavy atom. The second-order valence-corrected chi connectivity index (χ2v) is 5.93. The van der Waals surface area contributed by atoms with E-state index in [4.69, 9.17) is 13.9 Å². The van der Waals surface area contributed by atoms with Gasteiger partial charge in [0, 0.05) is 18.1 Å². The highest BCUT2D eigenvalue weighted by Gasteiger charge is 2.43. The van der Waals surface area contributed by atoms with Crippen LogP contribution in [0, 0.1) is 0 Å². The molecule has 0 saturated carbocycles. The van der Waals surface area contributed by atoms with E-state index in [1.807, 2.05) is 0 Å². The Balaban J connectivity index is 1.92. The van der Waals surface area contributed by atoms with Crippen LogP contribution in [-0.2, 0) is 11.2 Å². The second-order valence-electron chi connectivity index (χ2n) is 5.93. The summed E-state index contributed by atoms with van der Waals surface area (Å²) in [5.74, 6) is 0.246. The standard InChI is InChI=1S/C16H12O6/c17-8-2-1-6-11-9(18)5-10-13(7-3-4-20-16(7)21-10)14(11)22-15(19)12(6)8/h5,7,16,18H,1-4H2. The molecule has 3 heterocycles. The predicted molar refractivity (Wildman–Crippen MR) is 74.5 cm³/mol. The molecule has 5 rings (SSSR count). The fourth-order valence-corrected chi connectivity index (χ4v) is 3.86. The van der Waals surface area contributed by atoms with E-state index in [1.165, 1.54) is 6.07 Å². The van der Waals surface area contributed by atoms with Gasteiger partial charge in [-0.25, -0.2) is 4.79 Å². The average molecular weight is 300 g/mol. The van der Waals surface area contributed by atoms with Gasteiger partial charge in [0.05, 0.1) is 17.9 Å². The van der Waals surface area contributed by atoms with Gasteiger partial charge in [-0.2, -0.15) is 0 Å². The number of benzene rings is 1. The molecule has 6 heteroatoms. The third kappa shape index (κ3) is 1.33. The average Bonchev–Trinajstić information content (AvgIpc) is 3.13. The summed E-state index contributed by atoms with van der Waals surface area (Å²) in [5.41, 5.74) is 1.17. The molecule has 1 aromatic carbocycles. The first-order valence-electron chi connectivity index (χ1n) is 7.32. The van der Waals surface area contributed by atoms with Gasteiger partial charge in [0.1, 0.15) is 22.6 Å². The van der Waals surface area contributed by atoms with Gasteiger partial charge in [-0.1, -0.05) is 0 Å². The molecule has 0 radical (unpaired) electrons.